The standard InChI is InChI=1S/C18H36O/c1-4-5-6-7-8-9-10-11-12-13-14-17(2)15-18(3)16-19/h16-18H,4-15H2,1-3H3. The molecule has 0 saturated carbocycles. The lowest BCUT2D eigenvalue weighted by Crippen LogP contribution is -2.04. The molecule has 2 unspecified atom stereocenters. The van der Waals surface area contributed by atoms with Crippen LogP contribution in [0.3, 0.4) is 0 Å². The highest BCUT2D eigenvalue weighted by Crippen LogP contribution is 2.18. The average Bonchev–Trinajstić information content (AvgIpc) is 2.40. The summed E-state index contributed by atoms with van der Waals surface area (Å²) in [7, 11) is 0. The number of hydrogen-bond acceptors (Lipinski definition) is 1. The molecule has 114 valence electrons. The van der Waals surface area contributed by atoms with E-state index in [4.69, 9.17) is 0 Å². The molecule has 0 heterocycles. The molecule has 1 nitrogen and oxygen atoms in total. The van der Waals surface area contributed by atoms with Crippen LogP contribution in [0.4, 0.5) is 0 Å². The van der Waals surface area contributed by atoms with E-state index in [9.17, 15) is 4.79 Å². The number of rotatable bonds is 14. The Labute approximate surface area is 121 Å². The van der Waals surface area contributed by atoms with Gasteiger partial charge in [0.2, 0.25) is 0 Å². The number of carbonyl (C=O) groups is 1. The van der Waals surface area contributed by atoms with Crippen LogP contribution in [0.25, 0.3) is 0 Å². The number of unbranched alkanes of at least 4 members (excludes halogenated alkanes) is 9. The molecule has 0 bridgehead atoms. The molecule has 0 aromatic heterocycles. The Morgan fingerprint density at radius 1 is 0.789 bits per heavy atom. The lowest BCUT2D eigenvalue weighted by atomic mass is 9.93. The lowest BCUT2D eigenvalue weighted by molar-refractivity contribution is -0.111. The average molecular weight is 268 g/mol. The van der Waals surface area contributed by atoms with E-state index in [1.807, 2.05) is 6.92 Å². The number of hydrogen-bond donors (Lipinski definition) is 0. The lowest BCUT2D eigenvalue weighted by Gasteiger charge is -2.12. The molecule has 0 aliphatic rings. The monoisotopic (exact) mass is 268 g/mol. The summed E-state index contributed by atoms with van der Waals surface area (Å²) in [6, 6.07) is 0. The van der Waals surface area contributed by atoms with Crippen LogP contribution >= 0.6 is 0 Å². The van der Waals surface area contributed by atoms with Gasteiger partial charge in [0.25, 0.3) is 0 Å². The molecule has 0 aliphatic carbocycles. The third kappa shape index (κ3) is 13.9. The van der Waals surface area contributed by atoms with Crippen LogP contribution in [0.15, 0.2) is 0 Å². The summed E-state index contributed by atoms with van der Waals surface area (Å²) in [4.78, 5) is 10.6. The molecule has 0 aliphatic heterocycles. The minimum absolute atomic E-state index is 0.248. The second-order valence-corrected chi connectivity index (χ2v) is 6.42. The fourth-order valence-corrected chi connectivity index (χ4v) is 2.79. The van der Waals surface area contributed by atoms with Crippen LogP contribution in [0.5, 0.6) is 0 Å². The van der Waals surface area contributed by atoms with E-state index >= 15 is 0 Å². The van der Waals surface area contributed by atoms with Crippen LogP contribution < -0.4 is 0 Å². The van der Waals surface area contributed by atoms with Gasteiger partial charge in [-0.15, -0.1) is 0 Å². The van der Waals surface area contributed by atoms with Crippen molar-refractivity contribution in [2.45, 2.75) is 97.8 Å². The van der Waals surface area contributed by atoms with Crippen molar-refractivity contribution >= 4 is 6.29 Å². The van der Waals surface area contributed by atoms with Gasteiger partial charge in [-0.1, -0.05) is 91.4 Å². The summed E-state index contributed by atoms with van der Waals surface area (Å²) in [6.07, 6.45) is 17.5. The normalized spacial score (nSPS) is 14.3. The molecule has 2 atom stereocenters. The zero-order valence-electron chi connectivity index (χ0n) is 13.6. The molecule has 0 aromatic carbocycles. The Morgan fingerprint density at radius 2 is 1.26 bits per heavy atom. The van der Waals surface area contributed by atoms with Gasteiger partial charge >= 0.3 is 0 Å². The molecule has 0 amide bonds. The Bertz CT molecular complexity index is 188. The van der Waals surface area contributed by atoms with Gasteiger partial charge in [0.1, 0.15) is 6.29 Å². The first-order valence-corrected chi connectivity index (χ1v) is 8.66. The van der Waals surface area contributed by atoms with E-state index in [1.165, 1.54) is 70.6 Å². The number of carbonyl (C=O) groups excluding carboxylic acids is 1. The smallest absolute Gasteiger partial charge is 0.122 e. The van der Waals surface area contributed by atoms with Crippen LogP contribution in [-0.2, 0) is 4.79 Å². The van der Waals surface area contributed by atoms with Crippen molar-refractivity contribution in [3.05, 3.63) is 0 Å². The second kappa shape index (κ2) is 14.1. The minimum Gasteiger partial charge on any atom is -0.303 e. The van der Waals surface area contributed by atoms with Gasteiger partial charge in [-0.05, 0) is 12.3 Å². The van der Waals surface area contributed by atoms with Crippen molar-refractivity contribution in [3.8, 4) is 0 Å². The van der Waals surface area contributed by atoms with E-state index in [1.54, 1.807) is 0 Å². The summed E-state index contributed by atoms with van der Waals surface area (Å²) in [5, 5.41) is 0. The molecule has 0 fully saturated rings. The summed E-state index contributed by atoms with van der Waals surface area (Å²) in [5.74, 6) is 0.965. The van der Waals surface area contributed by atoms with Crippen molar-refractivity contribution < 1.29 is 4.79 Å². The maximum atomic E-state index is 10.6. The zero-order valence-corrected chi connectivity index (χ0v) is 13.6. The quantitative estimate of drug-likeness (QED) is 0.272. The third-order valence-corrected chi connectivity index (χ3v) is 4.06. The maximum absolute atomic E-state index is 10.6. The highest BCUT2D eigenvalue weighted by Gasteiger charge is 2.07. The molecule has 0 aromatic rings. The first-order chi connectivity index (χ1) is 9.20. The van der Waals surface area contributed by atoms with E-state index in [-0.39, 0.29) is 5.92 Å². The predicted molar refractivity (Wildman–Crippen MR) is 85.5 cm³/mol. The van der Waals surface area contributed by atoms with E-state index < -0.39 is 0 Å². The molecule has 0 saturated heterocycles. The fraction of sp³-hybridized carbons (Fsp3) is 0.944. The Kier molecular flexibility index (Phi) is 13.8. The van der Waals surface area contributed by atoms with Crippen molar-refractivity contribution in [2.24, 2.45) is 11.8 Å². The Morgan fingerprint density at radius 3 is 1.74 bits per heavy atom. The van der Waals surface area contributed by atoms with Gasteiger partial charge in [0.15, 0.2) is 0 Å². The van der Waals surface area contributed by atoms with Gasteiger partial charge in [0, 0.05) is 5.92 Å². The van der Waals surface area contributed by atoms with E-state index in [0.29, 0.717) is 5.92 Å². The van der Waals surface area contributed by atoms with Gasteiger partial charge in [-0.25, -0.2) is 0 Å². The highest BCUT2D eigenvalue weighted by atomic mass is 16.1. The second-order valence-electron chi connectivity index (χ2n) is 6.42. The third-order valence-electron chi connectivity index (χ3n) is 4.06. The van der Waals surface area contributed by atoms with Crippen molar-refractivity contribution in [1.29, 1.82) is 0 Å². The topological polar surface area (TPSA) is 17.1 Å². The van der Waals surface area contributed by atoms with Gasteiger partial charge in [-0.3, -0.25) is 0 Å². The summed E-state index contributed by atoms with van der Waals surface area (Å²) in [5.41, 5.74) is 0. The molecule has 1 heteroatoms. The molecule has 19 heavy (non-hydrogen) atoms. The van der Waals surface area contributed by atoms with Gasteiger partial charge in [0.05, 0.1) is 0 Å². The molecule has 0 N–H and O–H groups in total. The van der Waals surface area contributed by atoms with Gasteiger partial charge < -0.3 is 4.79 Å². The van der Waals surface area contributed by atoms with Crippen molar-refractivity contribution in [2.75, 3.05) is 0 Å². The Balaban J connectivity index is 3.15. The van der Waals surface area contributed by atoms with Crippen molar-refractivity contribution in [3.63, 3.8) is 0 Å². The van der Waals surface area contributed by atoms with Crippen LogP contribution in [-0.4, -0.2) is 6.29 Å². The van der Waals surface area contributed by atoms with Crippen LogP contribution in [0.2, 0.25) is 0 Å². The molecule has 0 spiro atoms. The summed E-state index contributed by atoms with van der Waals surface area (Å²) < 4.78 is 0. The largest absolute Gasteiger partial charge is 0.303 e. The van der Waals surface area contributed by atoms with E-state index in [0.717, 1.165) is 12.7 Å². The highest BCUT2D eigenvalue weighted by molar-refractivity contribution is 5.52. The molecular formula is C18H36O. The molecular weight excluding hydrogens is 232 g/mol. The van der Waals surface area contributed by atoms with E-state index in [2.05, 4.69) is 13.8 Å². The van der Waals surface area contributed by atoms with Crippen molar-refractivity contribution in [1.82, 2.24) is 0 Å². The zero-order chi connectivity index (χ0) is 14.3. The Hall–Kier alpha value is -0.330. The maximum Gasteiger partial charge on any atom is 0.122 e. The predicted octanol–water partition coefficient (Wildman–Crippen LogP) is 6.16. The minimum atomic E-state index is 0.248. The number of aldehydes is 1. The first kappa shape index (κ1) is 18.7. The fourth-order valence-electron chi connectivity index (χ4n) is 2.79. The SMILES string of the molecule is CCCCCCCCCCCCC(C)CC(C)C=O. The van der Waals surface area contributed by atoms with Gasteiger partial charge in [-0.2, -0.15) is 0 Å². The summed E-state index contributed by atoms with van der Waals surface area (Å²) in [6.45, 7) is 6.59. The molecule has 0 rings (SSSR count). The molecule has 0 radical (unpaired) electrons. The van der Waals surface area contributed by atoms with Crippen LogP contribution in [0.1, 0.15) is 97.8 Å². The van der Waals surface area contributed by atoms with Crippen LogP contribution in [0, 0.1) is 11.8 Å². The summed E-state index contributed by atoms with van der Waals surface area (Å²) >= 11 is 0. The first-order valence-electron chi connectivity index (χ1n) is 8.66.